The molecule has 0 aliphatic rings. The highest BCUT2D eigenvalue weighted by molar-refractivity contribution is 8.32. The number of hydrogen-bond acceptors (Lipinski definition) is 3. The van der Waals surface area contributed by atoms with Gasteiger partial charge in [0.2, 0.25) is 0 Å². The Kier molecular flexibility index (Phi) is 4.80. The van der Waals surface area contributed by atoms with Crippen molar-refractivity contribution in [3.8, 4) is 28.5 Å². The molecule has 0 radical (unpaired) electrons. The van der Waals surface area contributed by atoms with Crippen LogP contribution in [0.5, 0.6) is 0 Å². The Morgan fingerprint density at radius 1 is 0.844 bits per heavy atom. The Bertz CT molecular complexity index is 1500. The van der Waals surface area contributed by atoms with E-state index in [9.17, 15) is 5.26 Å². The minimum Gasteiger partial charge on any atom is -0.454 e. The van der Waals surface area contributed by atoms with Crippen LogP contribution >= 0.6 is 10.0 Å². The summed E-state index contributed by atoms with van der Waals surface area (Å²) in [5.74, 6) is 0. The maximum absolute atomic E-state index is 9.90. The highest BCUT2D eigenvalue weighted by Crippen LogP contribution is 2.46. The number of fused-ring (bicyclic) bond motifs is 3. The molecule has 0 spiro atoms. The lowest BCUT2D eigenvalue weighted by Crippen LogP contribution is -1.92. The van der Waals surface area contributed by atoms with Gasteiger partial charge < -0.3 is 4.42 Å². The van der Waals surface area contributed by atoms with Crippen LogP contribution < -0.4 is 0 Å². The lowest BCUT2D eigenvalue weighted by Gasteiger charge is -2.25. The molecule has 2 heterocycles. The second-order valence-corrected chi connectivity index (χ2v) is 13.0. The van der Waals surface area contributed by atoms with E-state index in [0.29, 0.717) is 11.1 Å². The largest absolute Gasteiger partial charge is 0.454 e. The second kappa shape index (κ2) is 7.55. The van der Waals surface area contributed by atoms with E-state index >= 15 is 0 Å². The summed E-state index contributed by atoms with van der Waals surface area (Å²) >= 11 is 0. The molecular weight excluding hydrogens is 412 g/mol. The molecule has 0 saturated heterocycles. The first-order valence-corrected chi connectivity index (χ1v) is 13.3. The van der Waals surface area contributed by atoms with Crippen molar-refractivity contribution in [3.05, 3.63) is 84.1 Å². The fourth-order valence-electron chi connectivity index (χ4n) is 4.17. The van der Waals surface area contributed by atoms with E-state index in [0.717, 1.165) is 44.3 Å². The van der Waals surface area contributed by atoms with E-state index in [4.69, 9.17) is 4.42 Å². The van der Waals surface area contributed by atoms with Gasteiger partial charge in [-0.05, 0) is 83.7 Å². The highest BCUT2D eigenvalue weighted by atomic mass is 32.3. The van der Waals surface area contributed by atoms with Crippen LogP contribution in [0.3, 0.4) is 0 Å². The van der Waals surface area contributed by atoms with Crippen molar-refractivity contribution >= 4 is 32.0 Å². The van der Waals surface area contributed by atoms with Gasteiger partial charge in [0.15, 0.2) is 5.58 Å². The zero-order chi connectivity index (χ0) is 22.5. The average molecular weight is 437 g/mol. The van der Waals surface area contributed by atoms with Crippen LogP contribution in [0.1, 0.15) is 11.1 Å². The Morgan fingerprint density at radius 2 is 1.62 bits per heavy atom. The summed E-state index contributed by atoms with van der Waals surface area (Å²) in [5, 5.41) is 11.9. The molecule has 4 heteroatoms. The van der Waals surface area contributed by atoms with E-state index in [1.807, 2.05) is 24.3 Å². The SMILES string of the molecule is Cc1ccc2c(oc3c(C#N)cc(-c4ccc(S(C)(C)C)cc4)cc32)c1-c1ccccn1. The summed E-state index contributed by atoms with van der Waals surface area (Å²) in [7, 11) is -0.778. The van der Waals surface area contributed by atoms with Crippen LogP contribution in [-0.4, -0.2) is 23.8 Å². The van der Waals surface area contributed by atoms with Crippen LogP contribution in [0.2, 0.25) is 0 Å². The Balaban J connectivity index is 1.76. The number of pyridine rings is 1. The molecule has 2 aromatic heterocycles. The summed E-state index contributed by atoms with van der Waals surface area (Å²) in [6.45, 7) is 2.06. The van der Waals surface area contributed by atoms with Crippen LogP contribution in [0.4, 0.5) is 0 Å². The molecule has 32 heavy (non-hydrogen) atoms. The van der Waals surface area contributed by atoms with Gasteiger partial charge in [-0.3, -0.25) is 4.98 Å². The van der Waals surface area contributed by atoms with Crippen molar-refractivity contribution in [2.45, 2.75) is 11.8 Å². The van der Waals surface area contributed by atoms with Crippen molar-refractivity contribution < 1.29 is 4.42 Å². The topological polar surface area (TPSA) is 49.8 Å². The van der Waals surface area contributed by atoms with Crippen molar-refractivity contribution in [2.24, 2.45) is 0 Å². The van der Waals surface area contributed by atoms with Crippen molar-refractivity contribution in [3.63, 3.8) is 0 Å². The molecule has 0 atom stereocenters. The van der Waals surface area contributed by atoms with Crippen LogP contribution in [-0.2, 0) is 0 Å². The number of aromatic nitrogens is 1. The standard InChI is InChI=1S/C28H24N2OS/c1-18-8-13-23-24-16-20(19-9-11-22(12-10-19)32(2,3)4)15-21(17-29)27(24)31-28(23)26(18)25-7-5-6-14-30-25/h5-16H,1-4H3. The fourth-order valence-corrected chi connectivity index (χ4v) is 5.13. The summed E-state index contributed by atoms with van der Waals surface area (Å²) in [5.41, 5.74) is 7.01. The van der Waals surface area contributed by atoms with Crippen molar-refractivity contribution in [2.75, 3.05) is 18.8 Å². The third-order valence-electron chi connectivity index (χ3n) is 5.89. The third-order valence-corrected chi connectivity index (χ3v) is 7.57. The number of aryl methyl sites for hydroxylation is 1. The Hall–Kier alpha value is -3.55. The molecular formula is C28H24N2OS. The summed E-state index contributed by atoms with van der Waals surface area (Å²) < 4.78 is 6.34. The van der Waals surface area contributed by atoms with Crippen LogP contribution in [0, 0.1) is 18.3 Å². The first-order chi connectivity index (χ1) is 15.4. The maximum Gasteiger partial charge on any atom is 0.153 e. The molecule has 5 rings (SSSR count). The quantitative estimate of drug-likeness (QED) is 0.293. The molecule has 0 N–H and O–H groups in total. The van der Waals surface area contributed by atoms with Gasteiger partial charge in [0.25, 0.3) is 0 Å². The van der Waals surface area contributed by atoms with Gasteiger partial charge in [0, 0.05) is 22.5 Å². The Labute approximate surface area is 189 Å². The monoisotopic (exact) mass is 436 g/mol. The van der Waals surface area contributed by atoms with Gasteiger partial charge >= 0.3 is 0 Å². The van der Waals surface area contributed by atoms with Gasteiger partial charge in [-0.25, -0.2) is 10.0 Å². The molecule has 158 valence electrons. The zero-order valence-corrected chi connectivity index (χ0v) is 19.5. The number of rotatable bonds is 3. The minimum absolute atomic E-state index is 0.545. The molecule has 0 aliphatic heterocycles. The molecule has 3 aromatic carbocycles. The minimum atomic E-state index is -0.778. The smallest absolute Gasteiger partial charge is 0.153 e. The Morgan fingerprint density at radius 3 is 2.28 bits per heavy atom. The number of nitrogens with zero attached hydrogens (tertiary/aromatic N) is 2. The van der Waals surface area contributed by atoms with E-state index < -0.39 is 10.0 Å². The molecule has 3 nitrogen and oxygen atoms in total. The number of hydrogen-bond donors (Lipinski definition) is 0. The fraction of sp³-hybridized carbons (Fsp3) is 0.143. The molecule has 5 aromatic rings. The summed E-state index contributed by atoms with van der Waals surface area (Å²) in [4.78, 5) is 5.91. The average Bonchev–Trinajstić information content (AvgIpc) is 3.17. The molecule has 0 aliphatic carbocycles. The lowest BCUT2D eigenvalue weighted by molar-refractivity contribution is 0.668. The van der Waals surface area contributed by atoms with Gasteiger partial charge in [-0.2, -0.15) is 5.26 Å². The molecule has 0 bridgehead atoms. The third kappa shape index (κ3) is 3.36. The molecule has 0 amide bonds. The van der Waals surface area contributed by atoms with Crippen LogP contribution in [0.25, 0.3) is 44.3 Å². The first-order valence-electron chi connectivity index (χ1n) is 10.5. The summed E-state index contributed by atoms with van der Waals surface area (Å²) in [6.07, 6.45) is 8.67. The maximum atomic E-state index is 9.90. The van der Waals surface area contributed by atoms with Gasteiger partial charge in [0.1, 0.15) is 11.7 Å². The lowest BCUT2D eigenvalue weighted by atomic mass is 9.97. The van der Waals surface area contributed by atoms with E-state index in [1.54, 1.807) is 6.20 Å². The van der Waals surface area contributed by atoms with E-state index in [2.05, 4.69) is 79.2 Å². The van der Waals surface area contributed by atoms with E-state index in [1.165, 1.54) is 4.90 Å². The number of nitriles is 1. The van der Waals surface area contributed by atoms with Gasteiger partial charge in [-0.1, -0.05) is 30.3 Å². The molecule has 0 saturated carbocycles. The summed E-state index contributed by atoms with van der Waals surface area (Å²) in [6, 6.07) is 25.2. The van der Waals surface area contributed by atoms with E-state index in [-0.39, 0.29) is 0 Å². The predicted molar refractivity (Wildman–Crippen MR) is 135 cm³/mol. The zero-order valence-electron chi connectivity index (χ0n) is 18.6. The van der Waals surface area contributed by atoms with Gasteiger partial charge in [0.05, 0.1) is 11.3 Å². The second-order valence-electron chi connectivity index (χ2n) is 8.82. The van der Waals surface area contributed by atoms with Crippen molar-refractivity contribution in [1.82, 2.24) is 4.98 Å². The number of benzene rings is 3. The normalized spacial score (nSPS) is 12.2. The predicted octanol–water partition coefficient (Wildman–Crippen LogP) is 7.55. The highest BCUT2D eigenvalue weighted by Gasteiger charge is 2.19. The van der Waals surface area contributed by atoms with Crippen LogP contribution in [0.15, 0.2) is 82.2 Å². The van der Waals surface area contributed by atoms with Gasteiger partial charge in [-0.15, -0.1) is 0 Å². The van der Waals surface area contributed by atoms with Crippen molar-refractivity contribution in [1.29, 1.82) is 5.26 Å². The molecule has 0 fully saturated rings. The first kappa shape index (κ1) is 20.4. The molecule has 0 unspecified atom stereocenters. The number of furan rings is 1.